The number of hydrogen-bond acceptors (Lipinski definition) is 4. The first-order valence-electron chi connectivity index (χ1n) is 9.42. The Labute approximate surface area is 165 Å². The van der Waals surface area contributed by atoms with E-state index in [1.165, 1.54) is 24.3 Å². The van der Waals surface area contributed by atoms with Gasteiger partial charge in [-0.2, -0.15) is 5.26 Å². The number of nitriles is 1. The van der Waals surface area contributed by atoms with Crippen LogP contribution in [0.5, 0.6) is 0 Å². The third-order valence-corrected chi connectivity index (χ3v) is 6.39. The molecule has 0 aromatic heterocycles. The Balaban J connectivity index is 1.68. The Bertz CT molecular complexity index is 971. The van der Waals surface area contributed by atoms with Gasteiger partial charge in [-0.05, 0) is 55.3 Å². The summed E-state index contributed by atoms with van der Waals surface area (Å²) in [5.41, 5.74) is 1.30. The number of nitrogens with one attached hydrogen (secondary N) is 2. The van der Waals surface area contributed by atoms with Crippen LogP contribution in [-0.4, -0.2) is 20.4 Å². The van der Waals surface area contributed by atoms with Crippen molar-refractivity contribution in [2.75, 3.05) is 5.32 Å². The molecular formula is C21H23N3O3S. The number of benzene rings is 2. The molecule has 1 amide bonds. The van der Waals surface area contributed by atoms with Crippen molar-refractivity contribution in [3.8, 4) is 6.07 Å². The molecule has 0 bridgehead atoms. The van der Waals surface area contributed by atoms with Crippen molar-refractivity contribution in [1.29, 1.82) is 5.26 Å². The lowest BCUT2D eigenvalue weighted by Crippen LogP contribution is -2.34. The number of amides is 1. The highest BCUT2D eigenvalue weighted by atomic mass is 32.2. The normalized spacial score (nSPS) is 15.4. The van der Waals surface area contributed by atoms with Crippen LogP contribution in [0.3, 0.4) is 0 Å². The van der Waals surface area contributed by atoms with E-state index in [-0.39, 0.29) is 16.8 Å². The fourth-order valence-corrected chi connectivity index (χ4v) is 4.64. The number of hydrogen-bond donors (Lipinski definition) is 2. The zero-order chi connectivity index (χ0) is 20.0. The number of anilines is 1. The summed E-state index contributed by atoms with van der Waals surface area (Å²) in [5.74, 6) is -0.365. The fourth-order valence-electron chi connectivity index (χ4n) is 3.34. The average molecular weight is 398 g/mol. The van der Waals surface area contributed by atoms with E-state index in [0.29, 0.717) is 16.8 Å². The molecule has 1 saturated carbocycles. The molecule has 1 aliphatic rings. The van der Waals surface area contributed by atoms with Gasteiger partial charge in [0.2, 0.25) is 10.0 Å². The zero-order valence-corrected chi connectivity index (χ0v) is 16.3. The van der Waals surface area contributed by atoms with Crippen LogP contribution in [0.25, 0.3) is 0 Å². The summed E-state index contributed by atoms with van der Waals surface area (Å²) in [5, 5.41) is 11.6. The fraction of sp³-hybridized carbons (Fsp3) is 0.333. The second kappa shape index (κ2) is 9.00. The van der Waals surface area contributed by atoms with Crippen LogP contribution in [0.2, 0.25) is 0 Å². The van der Waals surface area contributed by atoms with Crippen molar-refractivity contribution in [1.82, 2.24) is 4.72 Å². The zero-order valence-electron chi connectivity index (χ0n) is 15.5. The van der Waals surface area contributed by atoms with E-state index in [2.05, 4.69) is 10.0 Å². The number of rotatable bonds is 5. The monoisotopic (exact) mass is 397 g/mol. The molecule has 7 heteroatoms. The molecule has 1 aliphatic carbocycles. The molecule has 2 aromatic carbocycles. The number of sulfonamides is 1. The van der Waals surface area contributed by atoms with E-state index in [1.54, 1.807) is 24.3 Å². The van der Waals surface area contributed by atoms with Gasteiger partial charge in [0.15, 0.2) is 0 Å². The van der Waals surface area contributed by atoms with Crippen LogP contribution < -0.4 is 10.0 Å². The second-order valence-electron chi connectivity index (χ2n) is 6.98. The minimum absolute atomic E-state index is 0.0251. The maximum absolute atomic E-state index is 12.6. The van der Waals surface area contributed by atoms with Crippen LogP contribution in [-0.2, 0) is 10.0 Å². The molecule has 0 atom stereocenters. The Hall–Kier alpha value is -2.69. The topological polar surface area (TPSA) is 99.1 Å². The molecule has 1 fully saturated rings. The number of nitrogens with zero attached hydrogens (tertiary/aromatic N) is 1. The second-order valence-corrected chi connectivity index (χ2v) is 8.69. The van der Waals surface area contributed by atoms with E-state index in [1.807, 2.05) is 6.07 Å². The summed E-state index contributed by atoms with van der Waals surface area (Å²) >= 11 is 0. The molecule has 3 rings (SSSR count). The minimum atomic E-state index is -3.60. The molecule has 0 heterocycles. The molecule has 2 N–H and O–H groups in total. The smallest absolute Gasteiger partial charge is 0.255 e. The first-order chi connectivity index (χ1) is 13.5. The summed E-state index contributed by atoms with van der Waals surface area (Å²) in [7, 11) is -3.60. The van der Waals surface area contributed by atoms with Crippen molar-refractivity contribution in [2.45, 2.75) is 49.5 Å². The standard InChI is InChI=1S/C21H23N3O3S/c22-15-16-6-5-9-19(14-16)23-21(25)17-10-12-20(13-11-17)28(26,27)24-18-7-3-1-2-4-8-18/h5-6,9-14,18,24H,1-4,7-8H2,(H,23,25). The SMILES string of the molecule is N#Cc1cccc(NC(=O)c2ccc(S(=O)(=O)NC3CCCCCC3)cc2)c1. The summed E-state index contributed by atoms with van der Waals surface area (Å²) in [6.45, 7) is 0. The van der Waals surface area contributed by atoms with Crippen LogP contribution >= 0.6 is 0 Å². The molecule has 0 radical (unpaired) electrons. The molecule has 28 heavy (non-hydrogen) atoms. The predicted molar refractivity (Wildman–Crippen MR) is 107 cm³/mol. The van der Waals surface area contributed by atoms with Gasteiger partial charge in [0.1, 0.15) is 0 Å². The summed E-state index contributed by atoms with van der Waals surface area (Å²) in [6, 6.07) is 14.5. The molecule has 146 valence electrons. The van der Waals surface area contributed by atoms with Gasteiger partial charge in [-0.3, -0.25) is 4.79 Å². The molecule has 2 aromatic rings. The first kappa shape index (κ1) is 20.1. The Morgan fingerprint density at radius 1 is 1.00 bits per heavy atom. The van der Waals surface area contributed by atoms with Crippen molar-refractivity contribution in [2.24, 2.45) is 0 Å². The molecule has 0 unspecified atom stereocenters. The van der Waals surface area contributed by atoms with Gasteiger partial charge in [-0.15, -0.1) is 0 Å². The van der Waals surface area contributed by atoms with E-state index < -0.39 is 10.0 Å². The highest BCUT2D eigenvalue weighted by Gasteiger charge is 2.21. The number of carbonyl (C=O) groups excluding carboxylic acids is 1. The lowest BCUT2D eigenvalue weighted by molar-refractivity contribution is 0.102. The summed E-state index contributed by atoms with van der Waals surface area (Å²) < 4.78 is 28.0. The highest BCUT2D eigenvalue weighted by molar-refractivity contribution is 7.89. The molecular weight excluding hydrogens is 374 g/mol. The van der Waals surface area contributed by atoms with Crippen LogP contribution in [0, 0.1) is 11.3 Å². The number of carbonyl (C=O) groups is 1. The van der Waals surface area contributed by atoms with Gasteiger partial charge >= 0.3 is 0 Å². The van der Waals surface area contributed by atoms with Crippen molar-refractivity contribution < 1.29 is 13.2 Å². The average Bonchev–Trinajstić information content (AvgIpc) is 2.96. The lowest BCUT2D eigenvalue weighted by atomic mass is 10.1. The van der Waals surface area contributed by atoms with E-state index in [4.69, 9.17) is 5.26 Å². The Morgan fingerprint density at radius 2 is 1.68 bits per heavy atom. The van der Waals surface area contributed by atoms with Crippen LogP contribution in [0.15, 0.2) is 53.4 Å². The van der Waals surface area contributed by atoms with E-state index in [0.717, 1.165) is 38.5 Å². The first-order valence-corrected chi connectivity index (χ1v) is 10.9. The quantitative estimate of drug-likeness (QED) is 0.749. The summed E-state index contributed by atoms with van der Waals surface area (Å²) in [6.07, 6.45) is 6.11. The van der Waals surface area contributed by atoms with Gasteiger partial charge in [-0.1, -0.05) is 31.7 Å². The Morgan fingerprint density at radius 3 is 2.32 bits per heavy atom. The molecule has 6 nitrogen and oxygen atoms in total. The van der Waals surface area contributed by atoms with Gasteiger partial charge in [0.05, 0.1) is 16.5 Å². The van der Waals surface area contributed by atoms with Crippen molar-refractivity contribution >= 4 is 21.6 Å². The van der Waals surface area contributed by atoms with Crippen LogP contribution in [0.4, 0.5) is 5.69 Å². The predicted octanol–water partition coefficient (Wildman–Crippen LogP) is 3.81. The van der Waals surface area contributed by atoms with Crippen molar-refractivity contribution in [3.63, 3.8) is 0 Å². The third kappa shape index (κ3) is 5.18. The summed E-state index contributed by atoms with van der Waals surface area (Å²) in [4.78, 5) is 12.5. The molecule has 0 aliphatic heterocycles. The lowest BCUT2D eigenvalue weighted by Gasteiger charge is -2.16. The van der Waals surface area contributed by atoms with Crippen LogP contribution in [0.1, 0.15) is 54.4 Å². The van der Waals surface area contributed by atoms with Gasteiger partial charge in [0, 0.05) is 17.3 Å². The highest BCUT2D eigenvalue weighted by Crippen LogP contribution is 2.20. The van der Waals surface area contributed by atoms with Gasteiger partial charge in [0.25, 0.3) is 5.91 Å². The van der Waals surface area contributed by atoms with E-state index >= 15 is 0 Å². The largest absolute Gasteiger partial charge is 0.322 e. The van der Waals surface area contributed by atoms with E-state index in [9.17, 15) is 13.2 Å². The maximum atomic E-state index is 12.6. The van der Waals surface area contributed by atoms with Gasteiger partial charge < -0.3 is 5.32 Å². The van der Waals surface area contributed by atoms with Gasteiger partial charge in [-0.25, -0.2) is 13.1 Å². The third-order valence-electron chi connectivity index (χ3n) is 4.85. The molecule has 0 saturated heterocycles. The molecule has 0 spiro atoms. The maximum Gasteiger partial charge on any atom is 0.255 e. The minimum Gasteiger partial charge on any atom is -0.322 e. The Kier molecular flexibility index (Phi) is 6.45. The van der Waals surface area contributed by atoms with Crippen molar-refractivity contribution in [3.05, 3.63) is 59.7 Å².